The van der Waals surface area contributed by atoms with E-state index in [0.29, 0.717) is 21.6 Å². The van der Waals surface area contributed by atoms with Crippen molar-refractivity contribution in [2.24, 2.45) is 0 Å². The molecular formula is C22H14ClFN4O. The van der Waals surface area contributed by atoms with Gasteiger partial charge < -0.3 is 0 Å². The Kier molecular flexibility index (Phi) is 3.96. The van der Waals surface area contributed by atoms with Gasteiger partial charge in [-0.25, -0.2) is 13.9 Å². The summed E-state index contributed by atoms with van der Waals surface area (Å²) in [6.45, 7) is 1.89. The number of fused-ring (bicyclic) bond motifs is 3. The van der Waals surface area contributed by atoms with Crippen LogP contribution in [0.15, 0.2) is 71.8 Å². The lowest BCUT2D eigenvalue weighted by molar-refractivity contribution is 0.616. The van der Waals surface area contributed by atoms with E-state index in [-0.39, 0.29) is 11.2 Å². The molecule has 0 aliphatic heterocycles. The summed E-state index contributed by atoms with van der Waals surface area (Å²) < 4.78 is 17.1. The molecule has 29 heavy (non-hydrogen) atoms. The van der Waals surface area contributed by atoms with E-state index in [1.165, 1.54) is 16.8 Å². The maximum Gasteiger partial charge on any atom is 0.266 e. The van der Waals surface area contributed by atoms with E-state index < -0.39 is 5.82 Å². The first kappa shape index (κ1) is 17.6. The van der Waals surface area contributed by atoms with Crippen LogP contribution in [0.3, 0.4) is 0 Å². The summed E-state index contributed by atoms with van der Waals surface area (Å²) in [4.78, 5) is 17.5. The number of hydrogen-bond acceptors (Lipinski definition) is 3. The molecule has 3 heterocycles. The van der Waals surface area contributed by atoms with Crippen molar-refractivity contribution in [1.82, 2.24) is 19.2 Å². The minimum atomic E-state index is -0.471. The van der Waals surface area contributed by atoms with E-state index in [0.717, 1.165) is 16.8 Å². The molecule has 0 unspecified atom stereocenters. The highest BCUT2D eigenvalue weighted by Gasteiger charge is 2.17. The van der Waals surface area contributed by atoms with Gasteiger partial charge in [0.1, 0.15) is 5.82 Å². The Hall–Kier alpha value is -3.51. The summed E-state index contributed by atoms with van der Waals surface area (Å²) in [6.07, 6.45) is 3.07. The molecule has 0 saturated carbocycles. The number of benzene rings is 2. The fourth-order valence-corrected chi connectivity index (χ4v) is 3.79. The Morgan fingerprint density at radius 3 is 2.69 bits per heavy atom. The fourth-order valence-electron chi connectivity index (χ4n) is 3.59. The molecule has 0 aliphatic rings. The van der Waals surface area contributed by atoms with Crippen molar-refractivity contribution < 1.29 is 4.39 Å². The third kappa shape index (κ3) is 2.72. The van der Waals surface area contributed by atoms with Crippen molar-refractivity contribution in [3.8, 4) is 16.8 Å². The maximum absolute atomic E-state index is 14.2. The van der Waals surface area contributed by atoms with Crippen LogP contribution in [0.25, 0.3) is 33.4 Å². The monoisotopic (exact) mass is 404 g/mol. The first-order valence-corrected chi connectivity index (χ1v) is 9.33. The zero-order chi connectivity index (χ0) is 20.1. The summed E-state index contributed by atoms with van der Waals surface area (Å²) in [5, 5.41) is 5.57. The number of aryl methyl sites for hydroxylation is 1. The number of rotatable bonds is 2. The molecule has 0 radical (unpaired) electrons. The van der Waals surface area contributed by atoms with Crippen LogP contribution in [0.5, 0.6) is 0 Å². The van der Waals surface area contributed by atoms with Crippen LogP contribution in [0.1, 0.15) is 5.69 Å². The van der Waals surface area contributed by atoms with Crippen molar-refractivity contribution in [2.45, 2.75) is 6.92 Å². The Morgan fingerprint density at radius 2 is 1.90 bits per heavy atom. The number of hydrogen-bond donors (Lipinski definition) is 0. The summed E-state index contributed by atoms with van der Waals surface area (Å²) in [6, 6.07) is 15.4. The lowest BCUT2D eigenvalue weighted by atomic mass is 10.1. The molecule has 3 aromatic heterocycles. The molecule has 0 fully saturated rings. The maximum atomic E-state index is 14.2. The molecule has 0 amide bonds. The second kappa shape index (κ2) is 6.53. The van der Waals surface area contributed by atoms with Crippen LogP contribution in [0.2, 0.25) is 5.02 Å². The molecule has 142 valence electrons. The van der Waals surface area contributed by atoms with Gasteiger partial charge in [-0.2, -0.15) is 5.10 Å². The normalized spacial score (nSPS) is 11.4. The summed E-state index contributed by atoms with van der Waals surface area (Å²) in [5.74, 6) is -0.471. The molecule has 5 nitrogen and oxygen atoms in total. The van der Waals surface area contributed by atoms with E-state index in [9.17, 15) is 9.18 Å². The minimum absolute atomic E-state index is 0.191. The molecule has 0 spiro atoms. The Balaban J connectivity index is 1.79. The van der Waals surface area contributed by atoms with Crippen molar-refractivity contribution >= 4 is 28.2 Å². The van der Waals surface area contributed by atoms with Crippen LogP contribution in [-0.4, -0.2) is 19.2 Å². The third-order valence-electron chi connectivity index (χ3n) is 4.91. The highest BCUT2D eigenvalue weighted by atomic mass is 35.5. The highest BCUT2D eigenvalue weighted by Crippen LogP contribution is 2.30. The lowest BCUT2D eigenvalue weighted by Crippen LogP contribution is -2.19. The summed E-state index contributed by atoms with van der Waals surface area (Å²) in [7, 11) is 0. The van der Waals surface area contributed by atoms with Crippen LogP contribution in [0, 0.1) is 12.7 Å². The van der Waals surface area contributed by atoms with Gasteiger partial charge in [-0.1, -0.05) is 35.9 Å². The molecule has 0 atom stereocenters. The number of para-hydroxylation sites is 1. The van der Waals surface area contributed by atoms with Crippen LogP contribution in [-0.2, 0) is 0 Å². The SMILES string of the molecule is Cc1nn2c(ncc3c(=O)n(-c4ccccc4F)ccc32)c1-c1cccc(Cl)c1. The van der Waals surface area contributed by atoms with Crippen molar-refractivity contribution in [2.75, 3.05) is 0 Å². The summed E-state index contributed by atoms with van der Waals surface area (Å²) in [5.41, 5.74) is 3.58. The van der Waals surface area contributed by atoms with Gasteiger partial charge in [-0.05, 0) is 42.8 Å². The largest absolute Gasteiger partial charge is 0.281 e. The molecule has 0 N–H and O–H groups in total. The summed E-state index contributed by atoms with van der Waals surface area (Å²) >= 11 is 6.15. The average molecular weight is 405 g/mol. The molecule has 5 rings (SSSR count). The predicted molar refractivity (Wildman–Crippen MR) is 111 cm³/mol. The van der Waals surface area contributed by atoms with Crippen molar-refractivity contribution in [3.05, 3.63) is 93.9 Å². The Labute approximate surface area is 169 Å². The van der Waals surface area contributed by atoms with Crippen molar-refractivity contribution in [3.63, 3.8) is 0 Å². The van der Waals surface area contributed by atoms with E-state index in [2.05, 4.69) is 10.1 Å². The highest BCUT2D eigenvalue weighted by molar-refractivity contribution is 6.30. The quantitative estimate of drug-likeness (QED) is 0.424. The van der Waals surface area contributed by atoms with E-state index in [4.69, 9.17) is 11.6 Å². The molecule has 0 saturated heterocycles. The van der Waals surface area contributed by atoms with E-state index in [1.807, 2.05) is 25.1 Å². The first-order valence-electron chi connectivity index (χ1n) is 8.95. The second-order valence-corrected chi connectivity index (χ2v) is 7.14. The number of aromatic nitrogens is 4. The standard InChI is InChI=1S/C22H14ClFN4O/c1-13-20(14-5-4-6-15(23)11-14)21-25-12-16-18(28(21)26-13)9-10-27(22(16)29)19-8-3-2-7-17(19)24/h2-12H,1H3. The lowest BCUT2D eigenvalue weighted by Gasteiger charge is -2.09. The van der Waals surface area contributed by atoms with Gasteiger partial charge in [0.05, 0.1) is 22.3 Å². The number of halogens is 2. The van der Waals surface area contributed by atoms with Gasteiger partial charge >= 0.3 is 0 Å². The minimum Gasteiger partial charge on any atom is -0.281 e. The van der Waals surface area contributed by atoms with Gasteiger partial charge in [0, 0.05) is 23.0 Å². The van der Waals surface area contributed by atoms with Gasteiger partial charge in [0.15, 0.2) is 5.65 Å². The topological polar surface area (TPSA) is 52.2 Å². The van der Waals surface area contributed by atoms with Gasteiger partial charge in [-0.15, -0.1) is 0 Å². The number of nitrogens with zero attached hydrogens (tertiary/aromatic N) is 4. The third-order valence-corrected chi connectivity index (χ3v) is 5.15. The zero-order valence-corrected chi connectivity index (χ0v) is 16.1. The average Bonchev–Trinajstić information content (AvgIpc) is 3.05. The smallest absolute Gasteiger partial charge is 0.266 e. The number of pyridine rings is 1. The molecule has 7 heteroatoms. The molecule has 0 bridgehead atoms. The molecule has 5 aromatic rings. The molecule has 0 aliphatic carbocycles. The zero-order valence-electron chi connectivity index (χ0n) is 15.3. The first-order chi connectivity index (χ1) is 14.0. The van der Waals surface area contributed by atoms with Gasteiger partial charge in [0.2, 0.25) is 0 Å². The molecule has 2 aromatic carbocycles. The van der Waals surface area contributed by atoms with Crippen LogP contribution in [0.4, 0.5) is 4.39 Å². The fraction of sp³-hybridized carbons (Fsp3) is 0.0455. The van der Waals surface area contributed by atoms with Crippen LogP contribution >= 0.6 is 11.6 Å². The Bertz CT molecular complexity index is 1470. The van der Waals surface area contributed by atoms with E-state index in [1.54, 1.807) is 41.0 Å². The van der Waals surface area contributed by atoms with Gasteiger partial charge in [-0.3, -0.25) is 9.36 Å². The second-order valence-electron chi connectivity index (χ2n) is 6.71. The Morgan fingerprint density at radius 1 is 1.07 bits per heavy atom. The van der Waals surface area contributed by atoms with Gasteiger partial charge in [0.25, 0.3) is 5.56 Å². The van der Waals surface area contributed by atoms with Crippen LogP contribution < -0.4 is 5.56 Å². The van der Waals surface area contributed by atoms with E-state index >= 15 is 0 Å². The van der Waals surface area contributed by atoms with Crippen molar-refractivity contribution in [1.29, 1.82) is 0 Å². The predicted octanol–water partition coefficient (Wildman–Crippen LogP) is 4.80. The molecular weight excluding hydrogens is 391 g/mol.